The molecule has 1 aromatic carbocycles. The Morgan fingerprint density at radius 3 is 2.23 bits per heavy atom. The van der Waals surface area contributed by atoms with Crippen molar-refractivity contribution in [2.75, 3.05) is 0 Å². The normalized spacial score (nSPS) is 11.5. The van der Waals surface area contributed by atoms with Crippen LogP contribution in [-0.2, 0) is 5.41 Å². The van der Waals surface area contributed by atoms with E-state index in [0.29, 0.717) is 5.56 Å². The van der Waals surface area contributed by atoms with Crippen molar-refractivity contribution < 1.29 is 0 Å². The number of H-pyrrole nitrogens is 1. The van der Waals surface area contributed by atoms with Gasteiger partial charge in [-0.1, -0.05) is 45.5 Å². The summed E-state index contributed by atoms with van der Waals surface area (Å²) in [4.78, 5) is 15.7. The Kier molecular flexibility index (Phi) is 4.15. The molecule has 0 unspecified atom stereocenters. The highest BCUT2D eigenvalue weighted by Gasteiger charge is 2.16. The van der Waals surface area contributed by atoms with E-state index in [1.807, 2.05) is 13.8 Å². The van der Waals surface area contributed by atoms with Gasteiger partial charge in [-0.05, 0) is 42.9 Å². The molecule has 0 spiro atoms. The van der Waals surface area contributed by atoms with E-state index < -0.39 is 0 Å². The first-order valence-electron chi connectivity index (χ1n) is 7.62. The van der Waals surface area contributed by atoms with Crippen LogP contribution in [0, 0.1) is 13.8 Å². The second kappa shape index (κ2) is 5.60. The molecule has 0 saturated carbocycles. The third-order valence-electron chi connectivity index (χ3n) is 4.03. The van der Waals surface area contributed by atoms with Crippen molar-refractivity contribution in [3.8, 4) is 11.3 Å². The van der Waals surface area contributed by atoms with Crippen LogP contribution < -0.4 is 5.43 Å². The van der Waals surface area contributed by atoms with Crippen molar-refractivity contribution in [1.29, 1.82) is 0 Å². The van der Waals surface area contributed by atoms with Gasteiger partial charge in [0.15, 0.2) is 5.43 Å². The molecule has 0 aliphatic heterocycles. The van der Waals surface area contributed by atoms with Crippen molar-refractivity contribution in [3.63, 3.8) is 0 Å². The molecular formula is C20H25NO. The van der Waals surface area contributed by atoms with Crippen LogP contribution in [0.5, 0.6) is 0 Å². The summed E-state index contributed by atoms with van der Waals surface area (Å²) >= 11 is 0. The van der Waals surface area contributed by atoms with E-state index in [1.54, 1.807) is 6.07 Å². The molecule has 22 heavy (non-hydrogen) atoms. The number of aromatic amines is 1. The molecule has 0 amide bonds. The summed E-state index contributed by atoms with van der Waals surface area (Å²) in [5.74, 6) is 0. The van der Waals surface area contributed by atoms with Crippen molar-refractivity contribution in [3.05, 3.63) is 63.5 Å². The summed E-state index contributed by atoms with van der Waals surface area (Å²) in [5.41, 5.74) is 6.91. The van der Waals surface area contributed by atoms with Crippen LogP contribution in [0.1, 0.15) is 50.1 Å². The summed E-state index contributed by atoms with van der Waals surface area (Å²) < 4.78 is 0. The van der Waals surface area contributed by atoms with E-state index in [9.17, 15) is 4.79 Å². The Bertz CT molecular complexity index is 788. The zero-order valence-electron chi connectivity index (χ0n) is 14.4. The number of allylic oxidation sites excluding steroid dienone is 1. The summed E-state index contributed by atoms with van der Waals surface area (Å²) in [7, 11) is 0. The van der Waals surface area contributed by atoms with Crippen LogP contribution in [-0.4, -0.2) is 4.98 Å². The molecule has 0 saturated heterocycles. The Hall–Kier alpha value is -2.09. The van der Waals surface area contributed by atoms with Crippen molar-refractivity contribution >= 4 is 5.57 Å². The number of hydrogen-bond donors (Lipinski definition) is 1. The average Bonchev–Trinajstić information content (AvgIpc) is 2.35. The van der Waals surface area contributed by atoms with Crippen molar-refractivity contribution in [1.82, 2.24) is 4.98 Å². The molecule has 2 aromatic rings. The number of pyridine rings is 1. The number of aromatic nitrogens is 1. The van der Waals surface area contributed by atoms with Gasteiger partial charge in [-0.3, -0.25) is 4.79 Å². The smallest absolute Gasteiger partial charge is 0.189 e. The fraction of sp³-hybridized carbons (Fsp3) is 0.350. The Morgan fingerprint density at radius 2 is 1.77 bits per heavy atom. The van der Waals surface area contributed by atoms with Gasteiger partial charge >= 0.3 is 0 Å². The van der Waals surface area contributed by atoms with Gasteiger partial charge in [0, 0.05) is 28.6 Å². The highest BCUT2D eigenvalue weighted by Crippen LogP contribution is 2.28. The molecule has 2 nitrogen and oxygen atoms in total. The minimum absolute atomic E-state index is 0.0260. The summed E-state index contributed by atoms with van der Waals surface area (Å²) in [6.07, 6.45) is 0. The van der Waals surface area contributed by atoms with E-state index >= 15 is 0 Å². The zero-order chi connectivity index (χ0) is 16.7. The fourth-order valence-electron chi connectivity index (χ4n) is 2.80. The molecule has 0 bridgehead atoms. The number of rotatable bonds is 2. The Morgan fingerprint density at radius 1 is 1.14 bits per heavy atom. The fourth-order valence-corrected chi connectivity index (χ4v) is 2.80. The molecular weight excluding hydrogens is 270 g/mol. The first-order chi connectivity index (χ1) is 10.1. The molecule has 1 N–H and O–H groups in total. The van der Waals surface area contributed by atoms with Gasteiger partial charge in [0.1, 0.15) is 0 Å². The van der Waals surface area contributed by atoms with Gasteiger partial charge in [-0.25, -0.2) is 0 Å². The molecule has 2 heteroatoms. The topological polar surface area (TPSA) is 32.9 Å². The molecule has 0 fully saturated rings. The van der Waals surface area contributed by atoms with Crippen LogP contribution in [0.2, 0.25) is 0 Å². The van der Waals surface area contributed by atoms with Crippen molar-refractivity contribution in [2.45, 2.75) is 47.0 Å². The second-order valence-corrected chi connectivity index (χ2v) is 7.11. The third-order valence-corrected chi connectivity index (χ3v) is 4.03. The third kappa shape index (κ3) is 3.06. The number of aryl methyl sites for hydroxylation is 2. The van der Waals surface area contributed by atoms with Gasteiger partial charge in [0.25, 0.3) is 0 Å². The minimum Gasteiger partial charge on any atom is -0.358 e. The molecule has 1 heterocycles. The Labute approximate surface area is 132 Å². The van der Waals surface area contributed by atoms with Gasteiger partial charge in [-0.15, -0.1) is 0 Å². The van der Waals surface area contributed by atoms with E-state index in [2.05, 4.69) is 57.5 Å². The standard InChI is InChI=1S/C20H25NO/c1-12(2)19-14(4)21-17(11-18(19)22)16-9-8-15(10-13(16)3)20(5,6)7/h8-11H,1H2,2-7H3,(H,21,22). The lowest BCUT2D eigenvalue weighted by Gasteiger charge is -2.21. The van der Waals surface area contributed by atoms with Crippen LogP contribution in [0.25, 0.3) is 16.8 Å². The molecule has 0 radical (unpaired) electrons. The zero-order valence-corrected chi connectivity index (χ0v) is 14.4. The van der Waals surface area contributed by atoms with E-state index in [0.717, 1.165) is 22.5 Å². The summed E-state index contributed by atoms with van der Waals surface area (Å²) in [5, 5.41) is 0. The van der Waals surface area contributed by atoms with Gasteiger partial charge < -0.3 is 4.98 Å². The first kappa shape index (κ1) is 16.3. The number of benzene rings is 1. The average molecular weight is 295 g/mol. The SMILES string of the molecule is C=C(C)c1c(C)[nH]c(-c2ccc(C(C)(C)C)cc2C)cc1=O. The van der Waals surface area contributed by atoms with E-state index in [1.165, 1.54) is 11.1 Å². The van der Waals surface area contributed by atoms with E-state index in [-0.39, 0.29) is 10.8 Å². The maximum Gasteiger partial charge on any atom is 0.189 e. The first-order valence-corrected chi connectivity index (χ1v) is 7.62. The van der Waals surface area contributed by atoms with Crippen molar-refractivity contribution in [2.24, 2.45) is 0 Å². The molecule has 0 aliphatic rings. The highest BCUT2D eigenvalue weighted by molar-refractivity contribution is 5.69. The quantitative estimate of drug-likeness (QED) is 0.832. The number of hydrogen-bond acceptors (Lipinski definition) is 1. The monoisotopic (exact) mass is 295 g/mol. The molecule has 1 aromatic heterocycles. The van der Waals surface area contributed by atoms with E-state index in [4.69, 9.17) is 0 Å². The number of nitrogens with one attached hydrogen (secondary N) is 1. The molecule has 0 aliphatic carbocycles. The maximum absolute atomic E-state index is 12.3. The summed E-state index contributed by atoms with van der Waals surface area (Å²) in [6.45, 7) is 16.4. The van der Waals surface area contributed by atoms with Gasteiger partial charge in [0.05, 0.1) is 0 Å². The van der Waals surface area contributed by atoms with Crippen LogP contribution in [0.3, 0.4) is 0 Å². The highest BCUT2D eigenvalue weighted by atomic mass is 16.1. The summed E-state index contributed by atoms with van der Waals surface area (Å²) in [6, 6.07) is 8.12. The lowest BCUT2D eigenvalue weighted by molar-refractivity contribution is 0.590. The van der Waals surface area contributed by atoms with Crippen LogP contribution >= 0.6 is 0 Å². The molecule has 2 rings (SSSR count). The minimum atomic E-state index is 0.0260. The predicted molar refractivity (Wildman–Crippen MR) is 95.4 cm³/mol. The predicted octanol–water partition coefficient (Wildman–Crippen LogP) is 4.99. The lowest BCUT2D eigenvalue weighted by atomic mass is 9.85. The van der Waals surface area contributed by atoms with Crippen LogP contribution in [0.4, 0.5) is 0 Å². The molecule has 116 valence electrons. The Balaban J connectivity index is 2.59. The molecule has 0 atom stereocenters. The van der Waals surface area contributed by atoms with Gasteiger partial charge in [0.2, 0.25) is 0 Å². The lowest BCUT2D eigenvalue weighted by Crippen LogP contribution is -2.12. The maximum atomic E-state index is 12.3. The second-order valence-electron chi connectivity index (χ2n) is 7.11. The van der Waals surface area contributed by atoms with Gasteiger partial charge in [-0.2, -0.15) is 0 Å². The van der Waals surface area contributed by atoms with Crippen LogP contribution in [0.15, 0.2) is 35.6 Å². The largest absolute Gasteiger partial charge is 0.358 e.